The summed E-state index contributed by atoms with van der Waals surface area (Å²) >= 11 is 0. The Morgan fingerprint density at radius 1 is 0.844 bits per heavy atom. The van der Waals surface area contributed by atoms with E-state index in [2.05, 4.69) is 53.3 Å². The summed E-state index contributed by atoms with van der Waals surface area (Å²) in [6, 6.07) is 8.93. The van der Waals surface area contributed by atoms with Gasteiger partial charge < -0.3 is 9.88 Å². The smallest absolute Gasteiger partial charge is 0.215 e. The Morgan fingerprint density at radius 3 is 2.03 bits per heavy atom. The first-order chi connectivity index (χ1) is 15.6. The topological polar surface area (TPSA) is 32.3 Å². The summed E-state index contributed by atoms with van der Waals surface area (Å²) < 4.78 is 0. The number of carbonyl (C=O) groups is 1. The molecule has 2 fully saturated rings. The van der Waals surface area contributed by atoms with Crippen molar-refractivity contribution >= 4 is 19.8 Å². The maximum absolute atomic E-state index is 13.5. The number of likely N-dealkylation sites (tertiary alicyclic amines) is 1. The fourth-order valence-electron chi connectivity index (χ4n) is 6.09. The van der Waals surface area contributed by atoms with Crippen LogP contribution in [0.15, 0.2) is 30.3 Å². The van der Waals surface area contributed by atoms with Crippen molar-refractivity contribution in [2.24, 2.45) is 5.92 Å². The fourth-order valence-corrected chi connectivity index (χ4v) is 8.69. The molecule has 2 aliphatic carbocycles. The fraction of sp³-hybridized carbons (Fsp3) is 0.679. The van der Waals surface area contributed by atoms with Crippen LogP contribution in [0.1, 0.15) is 100 Å². The van der Waals surface area contributed by atoms with E-state index >= 15 is 0 Å². The van der Waals surface area contributed by atoms with Crippen molar-refractivity contribution in [3.8, 4) is 0 Å². The lowest BCUT2D eigenvalue weighted by Crippen LogP contribution is -2.54. The van der Waals surface area contributed by atoms with Gasteiger partial charge in [-0.25, -0.2) is 0 Å². The number of nitrogens with one attached hydrogen (secondary N) is 1. The molecule has 0 spiro atoms. The predicted molar refractivity (Wildman–Crippen MR) is 138 cm³/mol. The minimum absolute atomic E-state index is 0.208. The summed E-state index contributed by atoms with van der Waals surface area (Å²) in [5.74, 6) is 0.555. The van der Waals surface area contributed by atoms with Crippen molar-refractivity contribution < 1.29 is 4.79 Å². The second-order valence-corrected chi connectivity index (χ2v) is 15.3. The molecule has 1 saturated heterocycles. The number of nitrogens with zero attached hydrogens (tertiary/aromatic N) is 1. The van der Waals surface area contributed by atoms with Gasteiger partial charge in [0.2, 0.25) is 5.91 Å². The average Bonchev–Trinajstić information content (AvgIpc) is 3.42. The Bertz CT molecular complexity index is 784. The second kappa shape index (κ2) is 11.0. The molecule has 4 heteroatoms. The molecule has 1 aromatic carbocycles. The highest BCUT2D eigenvalue weighted by Gasteiger charge is 2.40. The maximum atomic E-state index is 13.5. The van der Waals surface area contributed by atoms with Crippen LogP contribution >= 0.6 is 0 Å². The Balaban J connectivity index is 1.46. The van der Waals surface area contributed by atoms with Gasteiger partial charge in [0.05, 0.1) is 0 Å². The average molecular weight is 453 g/mol. The number of carbonyl (C=O) groups excluding carboxylic acids is 1. The van der Waals surface area contributed by atoms with Gasteiger partial charge in [-0.2, -0.15) is 0 Å². The van der Waals surface area contributed by atoms with Gasteiger partial charge in [-0.3, -0.25) is 4.79 Å². The molecule has 0 aromatic heterocycles. The monoisotopic (exact) mass is 452 g/mol. The lowest BCUT2D eigenvalue weighted by Gasteiger charge is -2.32. The first-order valence-electron chi connectivity index (χ1n) is 13.4. The summed E-state index contributed by atoms with van der Waals surface area (Å²) in [5, 5.41) is 0. The molecule has 32 heavy (non-hydrogen) atoms. The molecule has 1 atom stereocenters. The Labute approximate surface area is 197 Å². The van der Waals surface area contributed by atoms with Gasteiger partial charge in [0.1, 0.15) is 0 Å². The van der Waals surface area contributed by atoms with Crippen LogP contribution in [0.5, 0.6) is 0 Å². The van der Waals surface area contributed by atoms with Gasteiger partial charge in [0.15, 0.2) is 8.24 Å². The zero-order chi connectivity index (χ0) is 22.4. The quantitative estimate of drug-likeness (QED) is 0.499. The van der Waals surface area contributed by atoms with E-state index < -0.39 is 8.24 Å². The van der Waals surface area contributed by atoms with Gasteiger partial charge in [-0.1, -0.05) is 101 Å². The van der Waals surface area contributed by atoms with E-state index in [1.807, 2.05) is 0 Å². The van der Waals surface area contributed by atoms with Crippen molar-refractivity contribution in [2.75, 3.05) is 13.1 Å². The summed E-state index contributed by atoms with van der Waals surface area (Å²) in [5.41, 5.74) is 4.62. The maximum Gasteiger partial charge on any atom is 0.215 e. The van der Waals surface area contributed by atoms with Crippen LogP contribution in [0.25, 0.3) is 5.70 Å². The van der Waals surface area contributed by atoms with Crippen LogP contribution in [0.4, 0.5) is 0 Å². The summed E-state index contributed by atoms with van der Waals surface area (Å²) in [6.45, 7) is 7.07. The zero-order valence-corrected chi connectivity index (χ0v) is 21.5. The number of rotatable bonds is 4. The third kappa shape index (κ3) is 5.68. The normalized spacial score (nSPS) is 23.8. The van der Waals surface area contributed by atoms with Gasteiger partial charge in [-0.15, -0.1) is 0 Å². The molecule has 3 aliphatic rings. The summed E-state index contributed by atoms with van der Waals surface area (Å²) in [7, 11) is -2.03. The van der Waals surface area contributed by atoms with Crippen molar-refractivity contribution in [3.05, 3.63) is 41.5 Å². The van der Waals surface area contributed by atoms with Crippen LogP contribution < -0.4 is 4.98 Å². The van der Waals surface area contributed by atoms with Crippen LogP contribution in [0, 0.1) is 5.92 Å². The molecule has 1 aliphatic heterocycles. The lowest BCUT2D eigenvalue weighted by atomic mass is 9.92. The molecule has 1 heterocycles. The van der Waals surface area contributed by atoms with E-state index in [1.54, 1.807) is 0 Å². The molecule has 1 N–H and O–H groups in total. The van der Waals surface area contributed by atoms with Crippen LogP contribution in [0.3, 0.4) is 0 Å². The molecule has 176 valence electrons. The lowest BCUT2D eigenvalue weighted by molar-refractivity contribution is -0.124. The molecule has 1 aromatic rings. The van der Waals surface area contributed by atoms with Crippen LogP contribution in [-0.4, -0.2) is 32.1 Å². The molecule has 1 unspecified atom stereocenters. The number of benzene rings is 1. The SMILES string of the molecule is C[Si](C)(NC(=O)C1CCCCCCCCCCC1)C1C=C(N2CCCC2)c2ccccc21. The Morgan fingerprint density at radius 2 is 1.41 bits per heavy atom. The van der Waals surface area contributed by atoms with Gasteiger partial charge in [0.25, 0.3) is 0 Å². The predicted octanol–water partition coefficient (Wildman–Crippen LogP) is 7.00. The van der Waals surface area contributed by atoms with E-state index in [-0.39, 0.29) is 5.92 Å². The van der Waals surface area contributed by atoms with Crippen molar-refractivity contribution in [1.82, 2.24) is 9.88 Å². The zero-order valence-electron chi connectivity index (χ0n) is 20.5. The summed E-state index contributed by atoms with van der Waals surface area (Å²) in [6.07, 6.45) is 19.1. The van der Waals surface area contributed by atoms with Crippen LogP contribution in [-0.2, 0) is 4.79 Å². The number of hydrogen-bond acceptors (Lipinski definition) is 2. The molecule has 0 radical (unpaired) electrons. The molecular weight excluding hydrogens is 408 g/mol. The minimum atomic E-state index is -2.03. The standard InChI is InChI=1S/C28H44N2OSi/c1-32(2,29-28(31)23-16-10-8-6-4-3-5-7-9-11-17-23)27-22-26(30-20-14-15-21-30)24-18-12-13-19-25(24)27/h12-13,18-19,22-23,27H,3-11,14-17,20-21H2,1-2H3,(H,29,31). The largest absolute Gasteiger partial charge is 0.381 e. The van der Waals surface area contributed by atoms with Crippen molar-refractivity contribution in [2.45, 2.75) is 102 Å². The van der Waals surface area contributed by atoms with Crippen molar-refractivity contribution in [1.29, 1.82) is 0 Å². The third-order valence-corrected chi connectivity index (χ3v) is 11.0. The summed E-state index contributed by atoms with van der Waals surface area (Å²) in [4.78, 5) is 19.8. The van der Waals surface area contributed by atoms with Crippen LogP contribution in [0.2, 0.25) is 13.1 Å². The van der Waals surface area contributed by atoms with Gasteiger partial charge in [0, 0.05) is 35.8 Å². The molecule has 4 rings (SSSR count). The number of hydrogen-bond donors (Lipinski definition) is 1. The number of amides is 1. The minimum Gasteiger partial charge on any atom is -0.381 e. The molecule has 1 saturated carbocycles. The number of allylic oxidation sites excluding steroid dienone is 1. The first kappa shape index (κ1) is 23.6. The molecule has 3 nitrogen and oxygen atoms in total. The van der Waals surface area contributed by atoms with E-state index in [1.165, 1.54) is 101 Å². The molecule has 1 amide bonds. The van der Waals surface area contributed by atoms with Crippen molar-refractivity contribution in [3.63, 3.8) is 0 Å². The highest BCUT2D eigenvalue weighted by atomic mass is 28.3. The van der Waals surface area contributed by atoms with E-state index in [0.717, 1.165) is 12.8 Å². The first-order valence-corrected chi connectivity index (χ1v) is 16.5. The highest BCUT2D eigenvalue weighted by Crippen LogP contribution is 2.42. The Kier molecular flexibility index (Phi) is 8.15. The Hall–Kier alpha value is -1.55. The van der Waals surface area contributed by atoms with E-state index in [4.69, 9.17) is 0 Å². The number of fused-ring (bicyclic) bond motifs is 1. The second-order valence-electron chi connectivity index (χ2n) is 11.0. The van der Waals surface area contributed by atoms with E-state index in [9.17, 15) is 4.79 Å². The third-order valence-electron chi connectivity index (χ3n) is 8.04. The van der Waals surface area contributed by atoms with Gasteiger partial charge >= 0.3 is 0 Å². The van der Waals surface area contributed by atoms with Gasteiger partial charge in [-0.05, 0) is 31.2 Å². The van der Waals surface area contributed by atoms with E-state index in [0.29, 0.717) is 11.4 Å². The molecule has 0 bridgehead atoms. The highest BCUT2D eigenvalue weighted by molar-refractivity contribution is 6.79. The molecular formula is C28H44N2OSi.